The van der Waals surface area contributed by atoms with Gasteiger partial charge in [-0.3, -0.25) is 4.79 Å². The SMILES string of the molecule is COC(=O)N1CC(OC(C)=O)C1. The molecule has 1 aliphatic heterocycles. The lowest BCUT2D eigenvalue weighted by Crippen LogP contribution is -2.55. The molecule has 0 radical (unpaired) electrons. The summed E-state index contributed by atoms with van der Waals surface area (Å²) < 4.78 is 9.28. The van der Waals surface area contributed by atoms with Gasteiger partial charge in [-0.2, -0.15) is 0 Å². The van der Waals surface area contributed by atoms with Crippen LogP contribution in [0, 0.1) is 0 Å². The smallest absolute Gasteiger partial charge is 0.409 e. The van der Waals surface area contributed by atoms with Crippen molar-refractivity contribution in [2.45, 2.75) is 13.0 Å². The van der Waals surface area contributed by atoms with Gasteiger partial charge in [-0.05, 0) is 0 Å². The number of esters is 1. The fraction of sp³-hybridized carbons (Fsp3) is 0.714. The minimum absolute atomic E-state index is 0.151. The fourth-order valence-electron chi connectivity index (χ4n) is 1.03. The molecular formula is C7H11NO4. The van der Waals surface area contributed by atoms with E-state index in [-0.39, 0.29) is 18.2 Å². The van der Waals surface area contributed by atoms with Gasteiger partial charge in [-0.25, -0.2) is 4.79 Å². The molecule has 0 aliphatic carbocycles. The Bertz CT molecular complexity index is 198. The topological polar surface area (TPSA) is 55.8 Å². The van der Waals surface area contributed by atoms with Crippen LogP contribution < -0.4 is 0 Å². The lowest BCUT2D eigenvalue weighted by atomic mass is 10.2. The van der Waals surface area contributed by atoms with Crippen molar-refractivity contribution in [1.29, 1.82) is 0 Å². The van der Waals surface area contributed by atoms with Gasteiger partial charge in [0.15, 0.2) is 0 Å². The maximum absolute atomic E-state index is 10.8. The Morgan fingerprint density at radius 3 is 2.42 bits per heavy atom. The summed E-state index contributed by atoms with van der Waals surface area (Å²) in [5.74, 6) is -0.315. The molecule has 5 nitrogen and oxygen atoms in total. The second-order valence-corrected chi connectivity index (χ2v) is 2.61. The highest BCUT2D eigenvalue weighted by Crippen LogP contribution is 2.12. The summed E-state index contributed by atoms with van der Waals surface area (Å²) in [6.07, 6.45) is -0.528. The molecule has 12 heavy (non-hydrogen) atoms. The highest BCUT2D eigenvalue weighted by Gasteiger charge is 2.33. The van der Waals surface area contributed by atoms with Crippen LogP contribution in [0.15, 0.2) is 0 Å². The molecule has 68 valence electrons. The molecular weight excluding hydrogens is 162 g/mol. The third-order valence-electron chi connectivity index (χ3n) is 1.61. The van der Waals surface area contributed by atoms with E-state index in [4.69, 9.17) is 4.74 Å². The van der Waals surface area contributed by atoms with E-state index in [1.165, 1.54) is 18.9 Å². The van der Waals surface area contributed by atoms with E-state index in [0.717, 1.165) is 0 Å². The number of nitrogens with zero attached hydrogens (tertiary/aromatic N) is 1. The largest absolute Gasteiger partial charge is 0.459 e. The normalized spacial score (nSPS) is 16.7. The van der Waals surface area contributed by atoms with Crippen molar-refractivity contribution in [1.82, 2.24) is 4.90 Å². The van der Waals surface area contributed by atoms with E-state index in [1.54, 1.807) is 0 Å². The Balaban J connectivity index is 2.20. The van der Waals surface area contributed by atoms with Crippen molar-refractivity contribution in [3.8, 4) is 0 Å². The lowest BCUT2D eigenvalue weighted by Gasteiger charge is -2.36. The monoisotopic (exact) mass is 173 g/mol. The van der Waals surface area contributed by atoms with Crippen molar-refractivity contribution in [3.63, 3.8) is 0 Å². The van der Waals surface area contributed by atoms with Gasteiger partial charge in [0, 0.05) is 6.92 Å². The van der Waals surface area contributed by atoms with Crippen LogP contribution in [0.1, 0.15) is 6.92 Å². The van der Waals surface area contributed by atoms with E-state index in [0.29, 0.717) is 13.1 Å². The summed E-state index contributed by atoms with van der Waals surface area (Å²) in [5.41, 5.74) is 0. The summed E-state index contributed by atoms with van der Waals surface area (Å²) in [7, 11) is 1.32. The number of ether oxygens (including phenoxy) is 2. The zero-order chi connectivity index (χ0) is 9.14. The summed E-state index contributed by atoms with van der Waals surface area (Å²) >= 11 is 0. The summed E-state index contributed by atoms with van der Waals surface area (Å²) in [5, 5.41) is 0. The summed E-state index contributed by atoms with van der Waals surface area (Å²) in [6, 6.07) is 0. The van der Waals surface area contributed by atoms with Crippen molar-refractivity contribution >= 4 is 12.1 Å². The first-order valence-corrected chi connectivity index (χ1v) is 3.63. The predicted molar refractivity (Wildman–Crippen MR) is 39.5 cm³/mol. The maximum atomic E-state index is 10.8. The highest BCUT2D eigenvalue weighted by molar-refractivity contribution is 5.69. The number of carbonyl (C=O) groups is 2. The first-order chi connectivity index (χ1) is 5.63. The van der Waals surface area contributed by atoms with Gasteiger partial charge in [0.05, 0.1) is 20.2 Å². The van der Waals surface area contributed by atoms with Gasteiger partial charge in [-0.1, -0.05) is 0 Å². The van der Waals surface area contributed by atoms with Crippen LogP contribution in [0.2, 0.25) is 0 Å². The Labute approximate surface area is 70.2 Å². The highest BCUT2D eigenvalue weighted by atomic mass is 16.6. The third-order valence-corrected chi connectivity index (χ3v) is 1.61. The van der Waals surface area contributed by atoms with Crippen molar-refractivity contribution < 1.29 is 19.1 Å². The third kappa shape index (κ3) is 1.87. The van der Waals surface area contributed by atoms with Gasteiger partial charge in [0.1, 0.15) is 6.10 Å². The molecule has 0 N–H and O–H groups in total. The molecule has 0 aromatic rings. The number of hydrogen-bond donors (Lipinski definition) is 0. The Kier molecular flexibility index (Phi) is 2.52. The molecule has 1 rings (SSSR count). The molecule has 1 aliphatic rings. The summed E-state index contributed by atoms with van der Waals surface area (Å²) in [6.45, 7) is 2.22. The molecule has 1 heterocycles. The Hall–Kier alpha value is -1.26. The predicted octanol–water partition coefficient (Wildman–Crippen LogP) is 0.0001000. The number of hydrogen-bond acceptors (Lipinski definition) is 4. The van der Waals surface area contributed by atoms with Crippen LogP contribution in [0.3, 0.4) is 0 Å². The van der Waals surface area contributed by atoms with Gasteiger partial charge in [0.25, 0.3) is 0 Å². The number of rotatable bonds is 1. The molecule has 0 spiro atoms. The minimum atomic E-state index is -0.376. The number of carbonyl (C=O) groups excluding carboxylic acids is 2. The molecule has 1 saturated heterocycles. The average Bonchev–Trinajstić information content (AvgIpc) is 1.94. The zero-order valence-electron chi connectivity index (χ0n) is 7.07. The number of methoxy groups -OCH3 is 1. The molecule has 0 aromatic heterocycles. The zero-order valence-corrected chi connectivity index (χ0v) is 7.07. The number of likely N-dealkylation sites (tertiary alicyclic amines) is 1. The lowest BCUT2D eigenvalue weighted by molar-refractivity contribution is -0.153. The van der Waals surface area contributed by atoms with Gasteiger partial charge in [-0.15, -0.1) is 0 Å². The Morgan fingerprint density at radius 1 is 1.42 bits per heavy atom. The van der Waals surface area contributed by atoms with Crippen molar-refractivity contribution in [2.24, 2.45) is 0 Å². The maximum Gasteiger partial charge on any atom is 0.409 e. The van der Waals surface area contributed by atoms with E-state index in [2.05, 4.69) is 4.74 Å². The molecule has 5 heteroatoms. The van der Waals surface area contributed by atoms with E-state index >= 15 is 0 Å². The van der Waals surface area contributed by atoms with E-state index in [1.807, 2.05) is 0 Å². The average molecular weight is 173 g/mol. The second-order valence-electron chi connectivity index (χ2n) is 2.61. The second kappa shape index (κ2) is 3.42. The Morgan fingerprint density at radius 2 is 2.00 bits per heavy atom. The van der Waals surface area contributed by atoms with Crippen LogP contribution in [0.25, 0.3) is 0 Å². The van der Waals surface area contributed by atoms with Gasteiger partial charge in [0.2, 0.25) is 0 Å². The molecule has 1 amide bonds. The van der Waals surface area contributed by atoms with E-state index < -0.39 is 0 Å². The van der Waals surface area contributed by atoms with E-state index in [9.17, 15) is 9.59 Å². The molecule has 0 bridgehead atoms. The van der Waals surface area contributed by atoms with Crippen LogP contribution in [-0.4, -0.2) is 43.3 Å². The molecule has 0 saturated carbocycles. The quantitative estimate of drug-likeness (QED) is 0.524. The first kappa shape index (κ1) is 8.83. The van der Waals surface area contributed by atoms with Crippen molar-refractivity contribution in [2.75, 3.05) is 20.2 Å². The molecule has 0 unspecified atom stereocenters. The fourth-order valence-corrected chi connectivity index (χ4v) is 1.03. The van der Waals surface area contributed by atoms with Crippen LogP contribution in [0.4, 0.5) is 4.79 Å². The molecule has 0 atom stereocenters. The number of amides is 1. The molecule has 0 aromatic carbocycles. The minimum Gasteiger partial charge on any atom is -0.459 e. The van der Waals surface area contributed by atoms with Crippen LogP contribution >= 0.6 is 0 Å². The summed E-state index contributed by atoms with van der Waals surface area (Å²) in [4.78, 5) is 22.7. The van der Waals surface area contributed by atoms with Gasteiger partial charge < -0.3 is 14.4 Å². The van der Waals surface area contributed by atoms with Gasteiger partial charge >= 0.3 is 12.1 Å². The van der Waals surface area contributed by atoms with Crippen LogP contribution in [0.5, 0.6) is 0 Å². The molecule has 1 fully saturated rings. The first-order valence-electron chi connectivity index (χ1n) is 3.63. The standard InChI is InChI=1S/C7H11NO4/c1-5(9)12-6-3-8(4-6)7(10)11-2/h6H,3-4H2,1-2H3. The van der Waals surface area contributed by atoms with Crippen molar-refractivity contribution in [3.05, 3.63) is 0 Å². The van der Waals surface area contributed by atoms with Crippen LogP contribution in [-0.2, 0) is 14.3 Å².